The number of hydrogen-bond acceptors (Lipinski definition) is 2. The van der Waals surface area contributed by atoms with Crippen LogP contribution in [0.1, 0.15) is 21.5 Å². The van der Waals surface area contributed by atoms with Crippen LogP contribution in [-0.2, 0) is 18.0 Å². The van der Waals surface area contributed by atoms with Crippen molar-refractivity contribution >= 4 is 28.5 Å². The molecule has 2 heterocycles. The number of aromatic nitrogens is 1. The van der Waals surface area contributed by atoms with Gasteiger partial charge in [-0.3, -0.25) is 0 Å². The summed E-state index contributed by atoms with van der Waals surface area (Å²) >= 11 is 6.42. The summed E-state index contributed by atoms with van der Waals surface area (Å²) in [5.41, 5.74) is 4.45. The maximum atomic E-state index is 11.0. The largest absolute Gasteiger partial charge is 0.478 e. The van der Waals surface area contributed by atoms with E-state index in [1.54, 1.807) is 24.3 Å². The van der Waals surface area contributed by atoms with Crippen molar-refractivity contribution < 1.29 is 14.6 Å². The van der Waals surface area contributed by atoms with Crippen LogP contribution in [0.2, 0.25) is 5.02 Å². The summed E-state index contributed by atoms with van der Waals surface area (Å²) in [6.45, 7) is 1.20. The third-order valence-corrected chi connectivity index (χ3v) is 4.31. The van der Waals surface area contributed by atoms with Gasteiger partial charge in [-0.05, 0) is 41.5 Å². The second-order valence-corrected chi connectivity index (χ2v) is 5.70. The van der Waals surface area contributed by atoms with Crippen molar-refractivity contribution in [2.24, 2.45) is 0 Å². The fraction of sp³-hybridized carbons (Fsp3) is 0.118. The van der Waals surface area contributed by atoms with Gasteiger partial charge in [-0.2, -0.15) is 0 Å². The van der Waals surface area contributed by atoms with E-state index in [2.05, 4.69) is 6.07 Å². The number of nitrogens with zero attached hydrogens (tertiary/aromatic N) is 1. The summed E-state index contributed by atoms with van der Waals surface area (Å²) in [6.07, 6.45) is 1.86. The standard InChI is InChI=1S/C17H12ClNO3/c18-14-7-19(12-4-1-10(2-5-12)17(20)21)15-6-3-11-8-22-9-13(11)16(14)15/h1-7H,8-9H2,(H,20,21). The zero-order chi connectivity index (χ0) is 15.3. The highest BCUT2D eigenvalue weighted by atomic mass is 35.5. The van der Waals surface area contributed by atoms with E-state index >= 15 is 0 Å². The monoisotopic (exact) mass is 313 g/mol. The van der Waals surface area contributed by atoms with Gasteiger partial charge in [-0.1, -0.05) is 17.7 Å². The van der Waals surface area contributed by atoms with Crippen LogP contribution in [0.15, 0.2) is 42.6 Å². The molecular weight excluding hydrogens is 302 g/mol. The lowest BCUT2D eigenvalue weighted by Gasteiger charge is -2.07. The van der Waals surface area contributed by atoms with Gasteiger partial charge in [0.1, 0.15) is 0 Å². The lowest BCUT2D eigenvalue weighted by Crippen LogP contribution is -1.97. The Bertz CT molecular complexity index is 896. The zero-order valence-corrected chi connectivity index (χ0v) is 12.3. The van der Waals surface area contributed by atoms with E-state index in [-0.39, 0.29) is 5.56 Å². The fourth-order valence-corrected chi connectivity index (χ4v) is 3.24. The summed E-state index contributed by atoms with van der Waals surface area (Å²) in [5.74, 6) is -0.933. The molecule has 0 unspecified atom stereocenters. The number of ether oxygens (including phenoxy) is 1. The first-order chi connectivity index (χ1) is 10.6. The predicted octanol–water partition coefficient (Wildman–Crippen LogP) is 4.01. The Balaban J connectivity index is 1.91. The lowest BCUT2D eigenvalue weighted by molar-refractivity contribution is 0.0697. The second kappa shape index (κ2) is 4.87. The number of benzene rings is 2. The van der Waals surface area contributed by atoms with Gasteiger partial charge in [-0.25, -0.2) is 4.79 Å². The highest BCUT2D eigenvalue weighted by Gasteiger charge is 2.19. The molecule has 0 atom stereocenters. The van der Waals surface area contributed by atoms with Crippen LogP contribution in [0.3, 0.4) is 0 Å². The number of carboxylic acids is 1. The Labute approximate surface area is 131 Å². The molecule has 2 aromatic carbocycles. The molecule has 0 spiro atoms. The van der Waals surface area contributed by atoms with Gasteiger partial charge in [0, 0.05) is 17.3 Å². The molecule has 1 N–H and O–H groups in total. The van der Waals surface area contributed by atoms with Crippen LogP contribution in [0.4, 0.5) is 0 Å². The van der Waals surface area contributed by atoms with Crippen molar-refractivity contribution in [3.05, 3.63) is 64.3 Å². The molecule has 0 bridgehead atoms. The molecule has 0 fully saturated rings. The summed E-state index contributed by atoms with van der Waals surface area (Å²) in [4.78, 5) is 11.0. The molecule has 0 saturated carbocycles. The molecule has 3 aromatic rings. The highest BCUT2D eigenvalue weighted by Crippen LogP contribution is 2.36. The van der Waals surface area contributed by atoms with E-state index < -0.39 is 5.97 Å². The summed E-state index contributed by atoms with van der Waals surface area (Å²) in [5, 5.41) is 10.7. The molecular formula is C17H12ClNO3. The minimum absolute atomic E-state index is 0.264. The summed E-state index contributed by atoms with van der Waals surface area (Å²) < 4.78 is 7.48. The Kier molecular flexibility index (Phi) is 2.96. The third kappa shape index (κ3) is 1.92. The van der Waals surface area contributed by atoms with Crippen molar-refractivity contribution in [3.63, 3.8) is 0 Å². The van der Waals surface area contributed by atoms with Gasteiger partial charge in [0.25, 0.3) is 0 Å². The number of hydrogen-bond donors (Lipinski definition) is 1. The molecule has 0 aliphatic carbocycles. The fourth-order valence-electron chi connectivity index (χ4n) is 2.93. The molecule has 0 saturated heterocycles. The van der Waals surface area contributed by atoms with E-state index in [0.29, 0.717) is 18.2 Å². The van der Waals surface area contributed by atoms with E-state index in [0.717, 1.165) is 22.2 Å². The quantitative estimate of drug-likeness (QED) is 0.777. The second-order valence-electron chi connectivity index (χ2n) is 5.29. The average Bonchev–Trinajstić information content (AvgIpc) is 3.11. The first-order valence-electron chi connectivity index (χ1n) is 6.88. The zero-order valence-electron chi connectivity index (χ0n) is 11.5. The van der Waals surface area contributed by atoms with Gasteiger partial charge in [0.15, 0.2) is 0 Å². The number of halogens is 1. The minimum atomic E-state index is -0.933. The Hall–Kier alpha value is -2.30. The first-order valence-corrected chi connectivity index (χ1v) is 7.26. The van der Waals surface area contributed by atoms with Crippen molar-refractivity contribution in [1.82, 2.24) is 4.57 Å². The van der Waals surface area contributed by atoms with Crippen LogP contribution in [0, 0.1) is 0 Å². The van der Waals surface area contributed by atoms with Crippen molar-refractivity contribution in [2.75, 3.05) is 0 Å². The van der Waals surface area contributed by atoms with E-state index in [4.69, 9.17) is 21.4 Å². The van der Waals surface area contributed by atoms with Crippen molar-refractivity contribution in [1.29, 1.82) is 0 Å². The maximum absolute atomic E-state index is 11.0. The molecule has 1 aromatic heterocycles. The van der Waals surface area contributed by atoms with Gasteiger partial charge in [0.05, 0.1) is 29.3 Å². The van der Waals surface area contributed by atoms with Crippen LogP contribution >= 0.6 is 11.6 Å². The van der Waals surface area contributed by atoms with Crippen molar-refractivity contribution in [3.8, 4) is 5.69 Å². The summed E-state index contributed by atoms with van der Waals surface area (Å²) in [7, 11) is 0. The normalized spacial score (nSPS) is 13.5. The molecule has 4 rings (SSSR count). The Morgan fingerprint density at radius 2 is 1.91 bits per heavy atom. The molecule has 1 aliphatic heterocycles. The number of fused-ring (bicyclic) bond motifs is 3. The number of rotatable bonds is 2. The molecule has 4 nitrogen and oxygen atoms in total. The molecule has 0 radical (unpaired) electrons. The van der Waals surface area contributed by atoms with Crippen LogP contribution < -0.4 is 0 Å². The maximum Gasteiger partial charge on any atom is 0.335 e. The van der Waals surface area contributed by atoms with Crippen LogP contribution in [-0.4, -0.2) is 15.6 Å². The van der Waals surface area contributed by atoms with Gasteiger partial charge >= 0.3 is 5.97 Å². The Morgan fingerprint density at radius 1 is 1.14 bits per heavy atom. The minimum Gasteiger partial charge on any atom is -0.478 e. The molecule has 110 valence electrons. The SMILES string of the molecule is O=C(O)c1ccc(-n2cc(Cl)c3c4c(ccc32)COC4)cc1. The smallest absolute Gasteiger partial charge is 0.335 e. The van der Waals surface area contributed by atoms with E-state index in [9.17, 15) is 4.79 Å². The number of carbonyl (C=O) groups is 1. The lowest BCUT2D eigenvalue weighted by atomic mass is 10.1. The van der Waals surface area contributed by atoms with Crippen LogP contribution in [0.25, 0.3) is 16.6 Å². The average molecular weight is 314 g/mol. The topological polar surface area (TPSA) is 51.5 Å². The summed E-state index contributed by atoms with van der Waals surface area (Å²) in [6, 6.07) is 10.8. The molecule has 1 aliphatic rings. The van der Waals surface area contributed by atoms with Gasteiger partial charge in [-0.15, -0.1) is 0 Å². The molecule has 22 heavy (non-hydrogen) atoms. The Morgan fingerprint density at radius 3 is 2.64 bits per heavy atom. The number of aromatic carboxylic acids is 1. The van der Waals surface area contributed by atoms with E-state index in [1.165, 1.54) is 5.56 Å². The van der Waals surface area contributed by atoms with Crippen molar-refractivity contribution in [2.45, 2.75) is 13.2 Å². The number of carboxylic acid groups (broad SMARTS) is 1. The van der Waals surface area contributed by atoms with Gasteiger partial charge < -0.3 is 14.4 Å². The van der Waals surface area contributed by atoms with Crippen LogP contribution in [0.5, 0.6) is 0 Å². The van der Waals surface area contributed by atoms with E-state index in [1.807, 2.05) is 16.8 Å². The predicted molar refractivity (Wildman–Crippen MR) is 83.7 cm³/mol. The highest BCUT2D eigenvalue weighted by molar-refractivity contribution is 6.36. The van der Waals surface area contributed by atoms with Gasteiger partial charge in [0.2, 0.25) is 0 Å². The molecule has 5 heteroatoms. The third-order valence-electron chi connectivity index (χ3n) is 4.03. The molecule has 0 amide bonds. The first kappa shape index (κ1) is 13.4.